The summed E-state index contributed by atoms with van der Waals surface area (Å²) in [7, 11) is 0. The smallest absolute Gasteiger partial charge is 0.223 e. The van der Waals surface area contributed by atoms with Gasteiger partial charge < -0.3 is 0 Å². The van der Waals surface area contributed by atoms with Crippen LogP contribution in [0.1, 0.15) is 55.9 Å². The summed E-state index contributed by atoms with van der Waals surface area (Å²) in [5, 5.41) is 4.23. The molecule has 2 heteroatoms. The minimum Gasteiger partial charge on any atom is -0.223 e. The Morgan fingerprint density at radius 3 is 2.38 bits per heavy atom. The largest absolute Gasteiger partial charge is 0.296 e. The third kappa shape index (κ3) is 2.08. The van der Waals surface area contributed by atoms with Gasteiger partial charge >= 0.3 is 0 Å². The number of imidazole rings is 1. The van der Waals surface area contributed by atoms with Crippen LogP contribution in [0.15, 0.2) is 60.8 Å². The Bertz CT molecular complexity index is 1660. The van der Waals surface area contributed by atoms with Gasteiger partial charge in [-0.15, -0.1) is 0 Å². The van der Waals surface area contributed by atoms with E-state index in [1.54, 1.807) is 5.56 Å². The lowest BCUT2D eigenvalue weighted by Crippen LogP contribution is -2.53. The van der Waals surface area contributed by atoms with Gasteiger partial charge in [0.25, 0.3) is 5.65 Å². The molecule has 0 bridgehead atoms. The van der Waals surface area contributed by atoms with E-state index in [4.69, 9.17) is 0 Å². The molecule has 2 atom stereocenters. The molecule has 2 aliphatic rings. The fraction of sp³-hybridized carbons (Fsp3) is 0.344. The highest BCUT2D eigenvalue weighted by atomic mass is 15.2. The van der Waals surface area contributed by atoms with Crippen LogP contribution in [0.5, 0.6) is 0 Å². The Morgan fingerprint density at radius 1 is 0.941 bits per heavy atom. The van der Waals surface area contributed by atoms with Crippen molar-refractivity contribution in [3.63, 3.8) is 0 Å². The molecule has 170 valence electrons. The van der Waals surface area contributed by atoms with E-state index in [9.17, 15) is 0 Å². The minimum atomic E-state index is 0.154. The molecule has 0 spiro atoms. The number of hydrogen-bond donors (Lipinski definition) is 0. The fourth-order valence-corrected chi connectivity index (χ4v) is 7.84. The van der Waals surface area contributed by atoms with Crippen LogP contribution >= 0.6 is 0 Å². The second-order valence-electron chi connectivity index (χ2n) is 11.2. The maximum atomic E-state index is 2.71. The molecule has 5 aromatic rings. The minimum absolute atomic E-state index is 0.154. The Balaban J connectivity index is 1.80. The lowest BCUT2D eigenvalue weighted by atomic mass is 9.76. The molecule has 3 heterocycles. The van der Waals surface area contributed by atoms with Gasteiger partial charge in [0.05, 0.1) is 5.39 Å². The van der Waals surface area contributed by atoms with Crippen molar-refractivity contribution in [2.45, 2.75) is 65.3 Å². The van der Waals surface area contributed by atoms with Crippen LogP contribution in [-0.2, 0) is 11.0 Å². The molecule has 0 saturated heterocycles. The normalized spacial score (nSPS) is 22.9. The summed E-state index contributed by atoms with van der Waals surface area (Å²) in [5.41, 5.74) is 11.3. The highest BCUT2D eigenvalue weighted by Crippen LogP contribution is 2.69. The maximum absolute atomic E-state index is 2.71. The van der Waals surface area contributed by atoms with Gasteiger partial charge in [0, 0.05) is 28.2 Å². The maximum Gasteiger partial charge on any atom is 0.296 e. The van der Waals surface area contributed by atoms with E-state index in [-0.39, 0.29) is 11.0 Å². The number of aryl methyl sites for hydroxylation is 3. The van der Waals surface area contributed by atoms with Gasteiger partial charge in [-0.1, -0.05) is 68.8 Å². The third-order valence-corrected chi connectivity index (χ3v) is 9.43. The van der Waals surface area contributed by atoms with Crippen LogP contribution in [0, 0.1) is 26.7 Å². The lowest BCUT2D eigenvalue weighted by molar-refractivity contribution is -0.720. The number of hydrogen-bond acceptors (Lipinski definition) is 0. The Kier molecular flexibility index (Phi) is 3.75. The van der Waals surface area contributed by atoms with E-state index >= 15 is 0 Å². The monoisotopic (exact) mass is 445 g/mol. The molecule has 1 fully saturated rings. The summed E-state index contributed by atoms with van der Waals surface area (Å²) in [4.78, 5) is 0. The molecule has 2 unspecified atom stereocenters. The predicted molar refractivity (Wildman–Crippen MR) is 142 cm³/mol. The SMILES string of the molecule is CCC12CC1(C(C)C)c1cccc3c4cc(C)ccc4n4c(-c5c(C)cccc5C)c[n+]2c4c13. The number of nitrogens with zero attached hydrogens (tertiary/aromatic N) is 2. The first kappa shape index (κ1) is 20.3. The Morgan fingerprint density at radius 2 is 1.68 bits per heavy atom. The van der Waals surface area contributed by atoms with Crippen molar-refractivity contribution in [1.82, 2.24) is 4.40 Å². The fourth-order valence-electron chi connectivity index (χ4n) is 7.84. The summed E-state index contributed by atoms with van der Waals surface area (Å²) in [6, 6.07) is 20.8. The molecule has 1 aliphatic carbocycles. The Hall–Kier alpha value is -3.13. The van der Waals surface area contributed by atoms with E-state index in [0.29, 0.717) is 5.92 Å². The van der Waals surface area contributed by atoms with Crippen LogP contribution in [0.4, 0.5) is 0 Å². The van der Waals surface area contributed by atoms with E-state index in [1.165, 1.54) is 61.7 Å². The van der Waals surface area contributed by atoms with Crippen molar-refractivity contribution in [3.05, 3.63) is 83.0 Å². The van der Waals surface area contributed by atoms with Gasteiger partial charge in [0.15, 0.2) is 5.69 Å². The summed E-state index contributed by atoms with van der Waals surface area (Å²) in [6.07, 6.45) is 4.89. The van der Waals surface area contributed by atoms with Gasteiger partial charge in [-0.05, 0) is 61.9 Å². The summed E-state index contributed by atoms with van der Waals surface area (Å²) in [5.74, 6) is 0.588. The Labute approximate surface area is 201 Å². The second-order valence-corrected chi connectivity index (χ2v) is 11.2. The highest BCUT2D eigenvalue weighted by Gasteiger charge is 2.75. The lowest BCUT2D eigenvalue weighted by Gasteiger charge is -2.31. The zero-order valence-corrected chi connectivity index (χ0v) is 21.2. The first-order valence-corrected chi connectivity index (χ1v) is 12.9. The average molecular weight is 446 g/mol. The molecule has 0 radical (unpaired) electrons. The summed E-state index contributed by atoms with van der Waals surface area (Å²) < 4.78 is 5.30. The summed E-state index contributed by atoms with van der Waals surface area (Å²) in [6.45, 7) is 14.0. The molecular weight excluding hydrogens is 412 g/mol. The first-order valence-electron chi connectivity index (χ1n) is 12.9. The van der Waals surface area contributed by atoms with Crippen LogP contribution in [0.2, 0.25) is 0 Å². The van der Waals surface area contributed by atoms with Crippen molar-refractivity contribution >= 4 is 27.3 Å². The van der Waals surface area contributed by atoms with Crippen LogP contribution in [0.25, 0.3) is 38.6 Å². The number of benzene rings is 3. The van der Waals surface area contributed by atoms with Gasteiger partial charge in [-0.25, -0.2) is 4.57 Å². The van der Waals surface area contributed by atoms with E-state index in [2.05, 4.69) is 111 Å². The van der Waals surface area contributed by atoms with Crippen molar-refractivity contribution in [2.24, 2.45) is 5.92 Å². The molecule has 0 amide bonds. The van der Waals surface area contributed by atoms with E-state index in [0.717, 1.165) is 6.42 Å². The zero-order valence-electron chi connectivity index (χ0n) is 21.2. The van der Waals surface area contributed by atoms with E-state index < -0.39 is 0 Å². The molecule has 34 heavy (non-hydrogen) atoms. The third-order valence-electron chi connectivity index (χ3n) is 9.43. The number of rotatable bonds is 3. The molecule has 2 aromatic heterocycles. The molecular formula is C32H33N2+. The van der Waals surface area contributed by atoms with Crippen LogP contribution < -0.4 is 4.57 Å². The molecule has 1 saturated carbocycles. The average Bonchev–Trinajstić information content (AvgIpc) is 3.40. The second kappa shape index (κ2) is 6.30. The first-order chi connectivity index (χ1) is 16.4. The van der Waals surface area contributed by atoms with Gasteiger partial charge in [-0.2, -0.15) is 4.40 Å². The topological polar surface area (TPSA) is 8.29 Å². The number of pyridine rings is 1. The molecule has 3 aromatic carbocycles. The molecule has 1 aliphatic heterocycles. The van der Waals surface area contributed by atoms with Crippen molar-refractivity contribution in [3.8, 4) is 11.3 Å². The van der Waals surface area contributed by atoms with Gasteiger partial charge in [0.2, 0.25) is 0 Å². The van der Waals surface area contributed by atoms with Crippen molar-refractivity contribution in [2.75, 3.05) is 0 Å². The molecule has 2 nitrogen and oxygen atoms in total. The number of fused-ring (bicyclic) bond motifs is 6. The molecule has 0 N–H and O–H groups in total. The van der Waals surface area contributed by atoms with Crippen molar-refractivity contribution < 1.29 is 4.57 Å². The van der Waals surface area contributed by atoms with Gasteiger partial charge in [-0.3, -0.25) is 0 Å². The summed E-state index contributed by atoms with van der Waals surface area (Å²) >= 11 is 0. The molecule has 7 rings (SSSR count). The predicted octanol–water partition coefficient (Wildman–Crippen LogP) is 7.54. The van der Waals surface area contributed by atoms with E-state index in [1.807, 2.05) is 0 Å². The quantitative estimate of drug-likeness (QED) is 0.200. The number of aromatic nitrogens is 2. The van der Waals surface area contributed by atoms with Crippen LogP contribution in [-0.4, -0.2) is 4.40 Å². The van der Waals surface area contributed by atoms with Crippen molar-refractivity contribution in [1.29, 1.82) is 0 Å². The van der Waals surface area contributed by atoms with Crippen LogP contribution in [0.3, 0.4) is 0 Å². The zero-order chi connectivity index (χ0) is 23.6. The van der Waals surface area contributed by atoms with Gasteiger partial charge in [0.1, 0.15) is 17.3 Å². The highest BCUT2D eigenvalue weighted by molar-refractivity contribution is 6.14. The standard InChI is InChI=1S/C32H33N2/c1-7-31-18-32(31,19(2)3)25-13-9-12-23-24-16-20(4)14-15-26(24)34-27(17-33(31)30(34)29(23)25)28-21(5)10-8-11-22(28)6/h8-17,19H,7,18H2,1-6H3/q+1.